The van der Waals surface area contributed by atoms with Gasteiger partial charge in [0.25, 0.3) is 0 Å². The topological polar surface area (TPSA) is 45.7 Å². The molecule has 2 aromatic carbocycles. The molecule has 2 rings (SSSR count). The largest absolute Gasteiger partial charge is 0.497 e. The summed E-state index contributed by atoms with van der Waals surface area (Å²) in [6, 6.07) is 14.6. The number of rotatable bonds is 6. The highest BCUT2D eigenvalue weighted by atomic mass is 19.1. The summed E-state index contributed by atoms with van der Waals surface area (Å²) >= 11 is 0. The van der Waals surface area contributed by atoms with E-state index in [0.29, 0.717) is 19.0 Å². The average Bonchev–Trinajstić information content (AvgIpc) is 2.62. The van der Waals surface area contributed by atoms with Crippen molar-refractivity contribution in [2.75, 3.05) is 20.7 Å². The van der Waals surface area contributed by atoms with Gasteiger partial charge in [0.05, 0.1) is 7.11 Å². The Morgan fingerprint density at radius 1 is 1.12 bits per heavy atom. The van der Waals surface area contributed by atoms with E-state index in [1.165, 1.54) is 6.07 Å². The first-order valence-corrected chi connectivity index (χ1v) is 8.28. The summed E-state index contributed by atoms with van der Waals surface area (Å²) < 4.78 is 18.7. The molecule has 0 spiro atoms. The zero-order valence-electron chi connectivity index (χ0n) is 15.3. The molecule has 0 radical (unpaired) electrons. The molecule has 0 saturated heterocycles. The van der Waals surface area contributed by atoms with E-state index in [9.17, 15) is 4.39 Å². The zero-order chi connectivity index (χ0) is 18.3. The summed E-state index contributed by atoms with van der Waals surface area (Å²) in [5.74, 6) is 1.31. The third-order valence-electron chi connectivity index (χ3n) is 4.12. The van der Waals surface area contributed by atoms with Crippen LogP contribution in [0.4, 0.5) is 4.39 Å². The Kier molecular flexibility index (Phi) is 6.39. The minimum absolute atomic E-state index is 0.217. The fourth-order valence-electron chi connectivity index (χ4n) is 2.51. The van der Waals surface area contributed by atoms with Crippen LogP contribution in [0.3, 0.4) is 0 Å². The smallest absolute Gasteiger partial charge is 0.191 e. The standard InChI is InChI=1S/C20H26FN3O/c1-20(2,16-8-6-9-17(21)12-16)14-24-19(22-3)23-13-15-7-5-10-18(11-15)25-4/h5-12H,13-14H2,1-4H3,(H2,22,23,24). The van der Waals surface area contributed by atoms with E-state index in [4.69, 9.17) is 4.74 Å². The molecule has 0 heterocycles. The van der Waals surface area contributed by atoms with Crippen LogP contribution in [0.5, 0.6) is 5.75 Å². The summed E-state index contributed by atoms with van der Waals surface area (Å²) in [5, 5.41) is 6.59. The van der Waals surface area contributed by atoms with E-state index in [1.54, 1.807) is 26.3 Å². The Hall–Kier alpha value is -2.56. The summed E-state index contributed by atoms with van der Waals surface area (Å²) in [6.07, 6.45) is 0. The van der Waals surface area contributed by atoms with Gasteiger partial charge in [0.1, 0.15) is 11.6 Å². The average molecular weight is 343 g/mol. The highest BCUT2D eigenvalue weighted by molar-refractivity contribution is 5.79. The third kappa shape index (κ3) is 5.48. The van der Waals surface area contributed by atoms with E-state index >= 15 is 0 Å². The number of nitrogens with one attached hydrogen (secondary N) is 2. The van der Waals surface area contributed by atoms with Crippen molar-refractivity contribution in [3.05, 3.63) is 65.5 Å². The summed E-state index contributed by atoms with van der Waals surface area (Å²) in [4.78, 5) is 4.25. The predicted octanol–water partition coefficient (Wildman–Crippen LogP) is 3.48. The van der Waals surface area contributed by atoms with Gasteiger partial charge in [-0.05, 0) is 35.4 Å². The lowest BCUT2D eigenvalue weighted by Crippen LogP contribution is -2.43. The molecule has 0 aliphatic heterocycles. The van der Waals surface area contributed by atoms with Gasteiger partial charge in [0.15, 0.2) is 5.96 Å². The number of guanidine groups is 1. The Labute approximate surface area is 149 Å². The van der Waals surface area contributed by atoms with Gasteiger partial charge in [-0.2, -0.15) is 0 Å². The summed E-state index contributed by atoms with van der Waals surface area (Å²) in [7, 11) is 3.39. The molecule has 5 heteroatoms. The molecule has 0 aliphatic carbocycles. The number of benzene rings is 2. The van der Waals surface area contributed by atoms with Crippen molar-refractivity contribution in [1.29, 1.82) is 0 Å². The van der Waals surface area contributed by atoms with Gasteiger partial charge in [-0.3, -0.25) is 4.99 Å². The fraction of sp³-hybridized carbons (Fsp3) is 0.350. The van der Waals surface area contributed by atoms with Crippen molar-refractivity contribution in [2.45, 2.75) is 25.8 Å². The van der Waals surface area contributed by atoms with E-state index in [1.807, 2.05) is 30.3 Å². The highest BCUT2D eigenvalue weighted by Crippen LogP contribution is 2.22. The first-order chi connectivity index (χ1) is 11.9. The lowest BCUT2D eigenvalue weighted by Gasteiger charge is -2.27. The normalized spacial score (nSPS) is 12.0. The molecule has 0 fully saturated rings. The summed E-state index contributed by atoms with van der Waals surface area (Å²) in [6.45, 7) is 5.42. The number of nitrogens with zero attached hydrogens (tertiary/aromatic N) is 1. The van der Waals surface area contributed by atoms with Crippen LogP contribution in [0, 0.1) is 5.82 Å². The van der Waals surface area contributed by atoms with Crippen molar-refractivity contribution in [1.82, 2.24) is 10.6 Å². The number of halogens is 1. The number of hydrogen-bond acceptors (Lipinski definition) is 2. The maximum Gasteiger partial charge on any atom is 0.191 e. The van der Waals surface area contributed by atoms with Crippen LogP contribution in [-0.4, -0.2) is 26.7 Å². The van der Waals surface area contributed by atoms with Gasteiger partial charge in [0.2, 0.25) is 0 Å². The molecule has 0 aromatic heterocycles. The molecule has 0 aliphatic rings. The Balaban J connectivity index is 1.93. The first-order valence-electron chi connectivity index (χ1n) is 8.28. The molecule has 0 atom stereocenters. The van der Waals surface area contributed by atoms with Crippen LogP contribution < -0.4 is 15.4 Å². The first kappa shape index (κ1) is 18.8. The van der Waals surface area contributed by atoms with Crippen molar-refractivity contribution in [2.24, 2.45) is 4.99 Å². The second-order valence-electron chi connectivity index (χ2n) is 6.53. The van der Waals surface area contributed by atoms with E-state index < -0.39 is 0 Å². The van der Waals surface area contributed by atoms with Crippen LogP contribution in [-0.2, 0) is 12.0 Å². The predicted molar refractivity (Wildman–Crippen MR) is 101 cm³/mol. The fourth-order valence-corrected chi connectivity index (χ4v) is 2.51. The van der Waals surface area contributed by atoms with Gasteiger partial charge in [-0.25, -0.2) is 4.39 Å². The van der Waals surface area contributed by atoms with Crippen molar-refractivity contribution in [3.63, 3.8) is 0 Å². The molecular formula is C20H26FN3O. The molecule has 2 N–H and O–H groups in total. The van der Waals surface area contributed by atoms with Crippen molar-refractivity contribution < 1.29 is 9.13 Å². The molecule has 134 valence electrons. The van der Waals surface area contributed by atoms with Crippen molar-refractivity contribution >= 4 is 5.96 Å². The Morgan fingerprint density at radius 3 is 2.56 bits per heavy atom. The molecule has 0 saturated carbocycles. The summed E-state index contributed by atoms with van der Waals surface area (Å²) in [5.41, 5.74) is 1.82. The zero-order valence-corrected chi connectivity index (χ0v) is 15.3. The number of aliphatic imine (C=N–C) groups is 1. The maximum atomic E-state index is 13.5. The van der Waals surface area contributed by atoms with Crippen molar-refractivity contribution in [3.8, 4) is 5.75 Å². The minimum Gasteiger partial charge on any atom is -0.497 e. The van der Waals surface area contributed by atoms with Crippen LogP contribution in [0.2, 0.25) is 0 Å². The molecular weight excluding hydrogens is 317 g/mol. The SMILES string of the molecule is CN=C(NCc1cccc(OC)c1)NCC(C)(C)c1cccc(F)c1. The number of methoxy groups -OCH3 is 1. The van der Waals surface area contributed by atoms with E-state index in [0.717, 1.165) is 16.9 Å². The second kappa shape index (κ2) is 8.51. The number of hydrogen-bond donors (Lipinski definition) is 2. The highest BCUT2D eigenvalue weighted by Gasteiger charge is 2.21. The molecule has 25 heavy (non-hydrogen) atoms. The molecule has 2 aromatic rings. The van der Waals surface area contributed by atoms with Gasteiger partial charge in [-0.1, -0.05) is 38.1 Å². The molecule has 0 bridgehead atoms. The van der Waals surface area contributed by atoms with Crippen LogP contribution in [0.1, 0.15) is 25.0 Å². The van der Waals surface area contributed by atoms with Crippen LogP contribution in [0.15, 0.2) is 53.5 Å². The monoisotopic (exact) mass is 343 g/mol. The lowest BCUT2D eigenvalue weighted by molar-refractivity contribution is 0.414. The molecule has 0 amide bonds. The van der Waals surface area contributed by atoms with Crippen LogP contribution >= 0.6 is 0 Å². The van der Waals surface area contributed by atoms with Crippen LogP contribution in [0.25, 0.3) is 0 Å². The van der Waals surface area contributed by atoms with Gasteiger partial charge < -0.3 is 15.4 Å². The third-order valence-corrected chi connectivity index (χ3v) is 4.12. The molecule has 4 nitrogen and oxygen atoms in total. The maximum absolute atomic E-state index is 13.5. The number of ether oxygens (including phenoxy) is 1. The quantitative estimate of drug-likeness (QED) is 0.623. The van der Waals surface area contributed by atoms with E-state index in [2.05, 4.69) is 29.5 Å². The van der Waals surface area contributed by atoms with Gasteiger partial charge in [0, 0.05) is 25.6 Å². The lowest BCUT2D eigenvalue weighted by atomic mass is 9.84. The second-order valence-corrected chi connectivity index (χ2v) is 6.53. The Bertz CT molecular complexity index is 728. The van der Waals surface area contributed by atoms with Gasteiger partial charge >= 0.3 is 0 Å². The van der Waals surface area contributed by atoms with Gasteiger partial charge in [-0.15, -0.1) is 0 Å². The van der Waals surface area contributed by atoms with E-state index in [-0.39, 0.29) is 11.2 Å². The minimum atomic E-state index is -0.227. The Morgan fingerprint density at radius 2 is 1.88 bits per heavy atom. The molecule has 0 unspecified atom stereocenters.